The van der Waals surface area contributed by atoms with E-state index in [9.17, 15) is 9.90 Å². The Kier molecular flexibility index (Phi) is 3.86. The Labute approximate surface area is 105 Å². The second-order valence-corrected chi connectivity index (χ2v) is 4.60. The fourth-order valence-corrected chi connectivity index (χ4v) is 1.71. The number of para-hydroxylation sites is 1. The highest BCUT2D eigenvalue weighted by molar-refractivity contribution is 6.32. The Morgan fingerprint density at radius 2 is 2.24 bits per heavy atom. The molecule has 0 aliphatic heterocycles. The van der Waals surface area contributed by atoms with Crippen LogP contribution in [0, 0.1) is 0 Å². The predicted molar refractivity (Wildman–Crippen MR) is 66.0 cm³/mol. The summed E-state index contributed by atoms with van der Waals surface area (Å²) in [6.07, 6.45) is 2.17. The lowest BCUT2D eigenvalue weighted by Gasteiger charge is -2.08. The van der Waals surface area contributed by atoms with Gasteiger partial charge in [0.05, 0.1) is 11.6 Å². The second kappa shape index (κ2) is 5.38. The number of nitrogens with one attached hydrogen (secondary N) is 2. The quantitative estimate of drug-likeness (QED) is 0.745. The first-order valence-corrected chi connectivity index (χ1v) is 6.01. The average Bonchev–Trinajstić information content (AvgIpc) is 3.08. The second-order valence-electron chi connectivity index (χ2n) is 4.19. The van der Waals surface area contributed by atoms with Crippen LogP contribution in [0.2, 0.25) is 5.02 Å². The lowest BCUT2D eigenvalue weighted by molar-refractivity contribution is -0.120. The maximum Gasteiger partial charge on any atom is 0.234 e. The van der Waals surface area contributed by atoms with Crippen LogP contribution >= 0.6 is 11.6 Å². The van der Waals surface area contributed by atoms with Crippen molar-refractivity contribution in [2.45, 2.75) is 25.4 Å². The van der Waals surface area contributed by atoms with Crippen LogP contribution in [0.15, 0.2) is 18.2 Å². The van der Waals surface area contributed by atoms with E-state index in [1.165, 1.54) is 0 Å². The molecule has 5 heteroatoms. The minimum absolute atomic E-state index is 0.00554. The van der Waals surface area contributed by atoms with Gasteiger partial charge in [0.2, 0.25) is 5.91 Å². The third kappa shape index (κ3) is 3.61. The van der Waals surface area contributed by atoms with Crippen LogP contribution < -0.4 is 10.6 Å². The molecule has 4 nitrogen and oxygen atoms in total. The first-order valence-electron chi connectivity index (χ1n) is 5.63. The van der Waals surface area contributed by atoms with Crippen molar-refractivity contribution in [1.82, 2.24) is 10.6 Å². The molecular weight excluding hydrogens is 240 g/mol. The number of carbonyl (C=O) groups is 1. The van der Waals surface area contributed by atoms with E-state index in [0.29, 0.717) is 23.2 Å². The zero-order valence-electron chi connectivity index (χ0n) is 9.37. The van der Waals surface area contributed by atoms with Gasteiger partial charge >= 0.3 is 0 Å². The highest BCUT2D eigenvalue weighted by Crippen LogP contribution is 2.26. The molecule has 3 N–H and O–H groups in total. The third-order valence-corrected chi connectivity index (χ3v) is 2.92. The first kappa shape index (κ1) is 12.2. The molecule has 1 fully saturated rings. The summed E-state index contributed by atoms with van der Waals surface area (Å²) in [6, 6.07) is 5.54. The largest absolute Gasteiger partial charge is 0.506 e. The molecule has 0 spiro atoms. The maximum absolute atomic E-state index is 11.4. The molecule has 1 aliphatic carbocycles. The van der Waals surface area contributed by atoms with Crippen molar-refractivity contribution in [3.63, 3.8) is 0 Å². The molecule has 1 aromatic rings. The monoisotopic (exact) mass is 254 g/mol. The number of phenolic OH excluding ortho intramolecular Hbond substituents is 1. The van der Waals surface area contributed by atoms with Crippen LogP contribution in [0.4, 0.5) is 0 Å². The smallest absolute Gasteiger partial charge is 0.234 e. The van der Waals surface area contributed by atoms with Gasteiger partial charge in [-0.15, -0.1) is 0 Å². The van der Waals surface area contributed by atoms with Crippen molar-refractivity contribution in [2.24, 2.45) is 0 Å². The number of phenols is 1. The molecule has 17 heavy (non-hydrogen) atoms. The number of benzene rings is 1. The SMILES string of the molecule is O=C(CNCc1cccc(Cl)c1O)NC1CC1. The van der Waals surface area contributed by atoms with E-state index < -0.39 is 0 Å². The van der Waals surface area contributed by atoms with E-state index >= 15 is 0 Å². The number of hydrogen-bond acceptors (Lipinski definition) is 3. The van der Waals surface area contributed by atoms with Gasteiger partial charge in [-0.25, -0.2) is 0 Å². The van der Waals surface area contributed by atoms with Crippen LogP contribution in [-0.2, 0) is 11.3 Å². The van der Waals surface area contributed by atoms with Crippen LogP contribution in [0.5, 0.6) is 5.75 Å². The predicted octanol–water partition coefficient (Wildman–Crippen LogP) is 1.41. The molecule has 2 rings (SSSR count). The van der Waals surface area contributed by atoms with Crippen LogP contribution in [0.25, 0.3) is 0 Å². The molecule has 1 aliphatic rings. The molecule has 1 aromatic carbocycles. The highest BCUT2D eigenvalue weighted by atomic mass is 35.5. The Hall–Kier alpha value is -1.26. The molecule has 0 aromatic heterocycles. The van der Waals surface area contributed by atoms with Gasteiger partial charge in [-0.3, -0.25) is 4.79 Å². The van der Waals surface area contributed by atoms with E-state index in [1.807, 2.05) is 0 Å². The average molecular weight is 255 g/mol. The lowest BCUT2D eigenvalue weighted by atomic mass is 10.2. The summed E-state index contributed by atoms with van der Waals surface area (Å²) >= 11 is 5.78. The minimum atomic E-state index is -0.00554. The van der Waals surface area contributed by atoms with Gasteiger partial charge in [0.1, 0.15) is 5.75 Å². The standard InChI is InChI=1S/C12H15ClN2O2/c13-10-3-1-2-8(12(10)17)6-14-7-11(16)15-9-4-5-9/h1-3,9,14,17H,4-7H2,(H,15,16). The molecular formula is C12H15ClN2O2. The van der Waals surface area contributed by atoms with Gasteiger partial charge in [0, 0.05) is 18.2 Å². The molecule has 92 valence electrons. The molecule has 0 radical (unpaired) electrons. The van der Waals surface area contributed by atoms with Crippen molar-refractivity contribution in [3.8, 4) is 5.75 Å². The molecule has 0 bridgehead atoms. The van der Waals surface area contributed by atoms with E-state index in [2.05, 4.69) is 10.6 Å². The lowest BCUT2D eigenvalue weighted by Crippen LogP contribution is -2.34. The Balaban J connectivity index is 1.77. The normalized spacial score (nSPS) is 14.6. The summed E-state index contributed by atoms with van der Waals surface area (Å²) in [5.41, 5.74) is 0.691. The summed E-state index contributed by atoms with van der Waals surface area (Å²) in [7, 11) is 0. The van der Waals surface area contributed by atoms with Crippen molar-refractivity contribution >= 4 is 17.5 Å². The Bertz CT molecular complexity index is 419. The van der Waals surface area contributed by atoms with Crippen molar-refractivity contribution in [2.75, 3.05) is 6.54 Å². The van der Waals surface area contributed by atoms with Gasteiger partial charge in [0.25, 0.3) is 0 Å². The fourth-order valence-electron chi connectivity index (χ4n) is 1.52. The highest BCUT2D eigenvalue weighted by Gasteiger charge is 2.22. The topological polar surface area (TPSA) is 61.4 Å². The third-order valence-electron chi connectivity index (χ3n) is 2.61. The van der Waals surface area contributed by atoms with Crippen LogP contribution in [-0.4, -0.2) is 23.6 Å². The van der Waals surface area contributed by atoms with Gasteiger partial charge in [-0.2, -0.15) is 0 Å². The first-order chi connectivity index (χ1) is 8.16. The van der Waals surface area contributed by atoms with Gasteiger partial charge in [-0.1, -0.05) is 23.7 Å². The van der Waals surface area contributed by atoms with Crippen LogP contribution in [0.1, 0.15) is 18.4 Å². The van der Waals surface area contributed by atoms with Crippen molar-refractivity contribution in [3.05, 3.63) is 28.8 Å². The van der Waals surface area contributed by atoms with Gasteiger partial charge in [-0.05, 0) is 18.9 Å². The zero-order valence-corrected chi connectivity index (χ0v) is 10.1. The zero-order chi connectivity index (χ0) is 12.3. The fraction of sp³-hybridized carbons (Fsp3) is 0.417. The van der Waals surface area contributed by atoms with Crippen LogP contribution in [0.3, 0.4) is 0 Å². The number of carbonyl (C=O) groups excluding carboxylic acids is 1. The Morgan fingerprint density at radius 3 is 2.94 bits per heavy atom. The number of aromatic hydroxyl groups is 1. The summed E-state index contributed by atoms with van der Waals surface area (Å²) in [5.74, 6) is 0.0679. The number of rotatable bonds is 5. The molecule has 0 unspecified atom stereocenters. The Morgan fingerprint density at radius 1 is 1.47 bits per heavy atom. The van der Waals surface area contributed by atoms with E-state index in [0.717, 1.165) is 12.8 Å². The maximum atomic E-state index is 11.4. The number of halogens is 1. The molecule has 0 atom stereocenters. The number of amides is 1. The summed E-state index contributed by atoms with van der Waals surface area (Å²) in [5, 5.41) is 15.8. The molecule has 0 saturated heterocycles. The summed E-state index contributed by atoms with van der Waals surface area (Å²) in [4.78, 5) is 11.4. The number of hydrogen-bond donors (Lipinski definition) is 3. The van der Waals surface area contributed by atoms with Crippen molar-refractivity contribution in [1.29, 1.82) is 0 Å². The van der Waals surface area contributed by atoms with Crippen molar-refractivity contribution < 1.29 is 9.90 Å². The van der Waals surface area contributed by atoms with Gasteiger partial charge < -0.3 is 15.7 Å². The van der Waals surface area contributed by atoms with Gasteiger partial charge in [0.15, 0.2) is 0 Å². The molecule has 1 saturated carbocycles. The minimum Gasteiger partial charge on any atom is -0.506 e. The summed E-state index contributed by atoms with van der Waals surface area (Å²) < 4.78 is 0. The molecule has 0 heterocycles. The van der Waals surface area contributed by atoms with E-state index in [-0.39, 0.29) is 18.2 Å². The van der Waals surface area contributed by atoms with E-state index in [1.54, 1.807) is 18.2 Å². The molecule has 1 amide bonds. The van der Waals surface area contributed by atoms with E-state index in [4.69, 9.17) is 11.6 Å². The summed E-state index contributed by atoms with van der Waals surface area (Å²) in [6.45, 7) is 0.674.